The van der Waals surface area contributed by atoms with E-state index in [4.69, 9.17) is 4.98 Å². The Bertz CT molecular complexity index is 6100. The summed E-state index contributed by atoms with van der Waals surface area (Å²) in [5, 5.41) is 5.07. The molecule has 0 bridgehead atoms. The highest BCUT2D eigenvalue weighted by molar-refractivity contribution is 6.27. The number of aromatic nitrogens is 1. The molecule has 14 aromatic rings. The summed E-state index contributed by atoms with van der Waals surface area (Å²) >= 11 is 0. The predicted molar refractivity (Wildman–Crippen MR) is 478 cm³/mol. The van der Waals surface area contributed by atoms with Gasteiger partial charge in [0.05, 0.1) is 11.4 Å². The second kappa shape index (κ2) is 23.7. The molecular formula is C110H106N2. The van der Waals surface area contributed by atoms with Crippen molar-refractivity contribution in [2.24, 2.45) is 0 Å². The third-order valence-corrected chi connectivity index (χ3v) is 27.6. The zero-order chi connectivity index (χ0) is 78.6. The summed E-state index contributed by atoms with van der Waals surface area (Å²) in [6.45, 7) is 52.5. The fraction of sp³-hybridized carbons (Fsp3) is 0.282. The fourth-order valence-electron chi connectivity index (χ4n) is 21.0. The topological polar surface area (TPSA) is 16.1 Å². The van der Waals surface area contributed by atoms with Gasteiger partial charge in [0.25, 0.3) is 0 Å². The summed E-state index contributed by atoms with van der Waals surface area (Å²) < 4.78 is 0. The standard InChI is InChI=1S/C61H71N.C49H35N/c1-55(2,3)36-23-26-43-46(29-36)60(15,16)49-31-38(57(7,8)9)33-51(53(43)49)62(40-25-28-42-41-21-19-20-22-45(41)59(13,14)48(42)35-40)52-34-39(58(10,11)12)32-50-54(52)44-27-24-37(56(4,5)6)30-47(44)61(50,17)18;1-48(2)39-17-7-5-13-31(39)33-21-19-29(25-41(33)48)44-35-23-24-50-27-38(35)45(47-37-16-10-12-28-11-9-15-36(43(28)37)46(44)47)30-20-22-34-32-14-6-8-18-40(32)49(3,4)42(34)26-30/h19-35H,1-18H3;5-27H,1-4H3. The average Bonchev–Trinajstić information content (AvgIpc) is 1.56. The van der Waals surface area contributed by atoms with Gasteiger partial charge in [-0.2, -0.15) is 0 Å². The van der Waals surface area contributed by atoms with Crippen molar-refractivity contribution >= 4 is 38.6 Å². The number of rotatable bonds is 5. The third-order valence-electron chi connectivity index (χ3n) is 27.6. The lowest BCUT2D eigenvalue weighted by molar-refractivity contribution is 0.580. The lowest BCUT2D eigenvalue weighted by Crippen LogP contribution is -2.22. The average molecular weight is 1460 g/mol. The summed E-state index contributed by atoms with van der Waals surface area (Å²) in [6.07, 6.45) is 4.08. The normalized spacial score (nSPS) is 15.9. The predicted octanol–water partition coefficient (Wildman–Crippen LogP) is 30.2. The number of nitrogens with zero attached hydrogens (tertiary/aromatic N) is 2. The van der Waals surface area contributed by atoms with Crippen molar-refractivity contribution < 1.29 is 0 Å². The Labute approximate surface area is 666 Å². The molecule has 112 heavy (non-hydrogen) atoms. The van der Waals surface area contributed by atoms with Crippen molar-refractivity contribution in [3.05, 3.63) is 321 Å². The minimum atomic E-state index is -0.192. The van der Waals surface area contributed by atoms with E-state index in [2.05, 4.69) is 394 Å². The van der Waals surface area contributed by atoms with E-state index in [0.717, 1.165) is 0 Å². The van der Waals surface area contributed by atoms with Gasteiger partial charge >= 0.3 is 0 Å². The van der Waals surface area contributed by atoms with Crippen molar-refractivity contribution in [3.63, 3.8) is 0 Å². The molecule has 0 fully saturated rings. The molecule has 0 amide bonds. The van der Waals surface area contributed by atoms with E-state index in [0.29, 0.717) is 0 Å². The Hall–Kier alpha value is -10.7. The van der Waals surface area contributed by atoms with E-state index < -0.39 is 0 Å². The molecule has 20 rings (SSSR count). The lowest BCUT2D eigenvalue weighted by Gasteiger charge is -2.35. The van der Waals surface area contributed by atoms with E-state index in [-0.39, 0.29) is 48.7 Å². The Morgan fingerprint density at radius 2 is 0.589 bits per heavy atom. The van der Waals surface area contributed by atoms with Gasteiger partial charge in [0.1, 0.15) is 0 Å². The highest BCUT2D eigenvalue weighted by Crippen LogP contribution is 2.64. The molecule has 0 unspecified atom stereocenters. The molecule has 6 aliphatic carbocycles. The summed E-state index contributed by atoms with van der Waals surface area (Å²) in [6, 6.07) is 89.6. The van der Waals surface area contributed by atoms with E-state index in [1.54, 1.807) is 0 Å². The number of hydrogen-bond donors (Lipinski definition) is 0. The first-order chi connectivity index (χ1) is 52.9. The van der Waals surface area contributed by atoms with Gasteiger partial charge in [-0.15, -0.1) is 0 Å². The van der Waals surface area contributed by atoms with Gasteiger partial charge in [0.15, 0.2) is 0 Å². The molecule has 0 atom stereocenters. The van der Waals surface area contributed by atoms with Crippen molar-refractivity contribution in [1.82, 2.24) is 4.98 Å². The molecular weight excluding hydrogens is 1350 g/mol. The zero-order valence-electron chi connectivity index (χ0n) is 70.0. The van der Waals surface area contributed by atoms with E-state index >= 15 is 0 Å². The highest BCUT2D eigenvalue weighted by Gasteiger charge is 2.46. The molecule has 0 saturated heterocycles. The third kappa shape index (κ3) is 10.2. The monoisotopic (exact) mass is 1450 g/mol. The maximum Gasteiger partial charge on any atom is 0.0546 e. The quantitative estimate of drug-likeness (QED) is 0.171. The maximum atomic E-state index is 4.80. The summed E-state index contributed by atoms with van der Waals surface area (Å²) in [4.78, 5) is 7.51. The van der Waals surface area contributed by atoms with Crippen molar-refractivity contribution in [1.29, 1.82) is 0 Å². The maximum absolute atomic E-state index is 4.80. The molecule has 2 heteroatoms. The van der Waals surface area contributed by atoms with Gasteiger partial charge in [-0.05, 0) is 247 Å². The molecule has 556 valence electrons. The van der Waals surface area contributed by atoms with Gasteiger partial charge in [0.2, 0.25) is 0 Å². The fourth-order valence-corrected chi connectivity index (χ4v) is 21.0. The Morgan fingerprint density at radius 1 is 0.250 bits per heavy atom. The van der Waals surface area contributed by atoms with Crippen molar-refractivity contribution in [2.45, 2.75) is 201 Å². The van der Waals surface area contributed by atoms with Gasteiger partial charge in [-0.25, -0.2) is 0 Å². The van der Waals surface area contributed by atoms with Crippen LogP contribution in [0.25, 0.3) is 122 Å². The van der Waals surface area contributed by atoms with E-state index in [1.165, 1.54) is 217 Å². The van der Waals surface area contributed by atoms with Crippen LogP contribution in [-0.2, 0) is 48.7 Å². The number of pyridine rings is 1. The van der Waals surface area contributed by atoms with E-state index in [9.17, 15) is 0 Å². The van der Waals surface area contributed by atoms with Crippen LogP contribution in [0, 0.1) is 0 Å². The minimum absolute atomic E-state index is 0.0428. The summed E-state index contributed by atoms with van der Waals surface area (Å²) in [7, 11) is 0. The first-order valence-corrected chi connectivity index (χ1v) is 41.1. The molecule has 0 radical (unpaired) electrons. The Kier molecular flexibility index (Phi) is 15.2. The lowest BCUT2D eigenvalue weighted by atomic mass is 9.77. The molecule has 1 aromatic heterocycles. The van der Waals surface area contributed by atoms with Crippen LogP contribution >= 0.6 is 0 Å². The van der Waals surface area contributed by atoms with Crippen molar-refractivity contribution in [2.75, 3.05) is 4.90 Å². The van der Waals surface area contributed by atoms with Crippen LogP contribution in [0.3, 0.4) is 0 Å². The Morgan fingerprint density at radius 3 is 1.01 bits per heavy atom. The second-order valence-corrected chi connectivity index (χ2v) is 40.3. The van der Waals surface area contributed by atoms with Gasteiger partial charge in [0, 0.05) is 61.7 Å². The number of hydrogen-bond acceptors (Lipinski definition) is 2. The summed E-state index contributed by atoms with van der Waals surface area (Å²) in [5.41, 5.74) is 46.4. The number of anilines is 3. The molecule has 6 aliphatic rings. The first kappa shape index (κ1) is 71.6. The number of benzene rings is 13. The smallest absolute Gasteiger partial charge is 0.0546 e. The largest absolute Gasteiger partial charge is 0.309 e. The molecule has 0 aliphatic heterocycles. The number of fused-ring (bicyclic) bond motifs is 19. The van der Waals surface area contributed by atoms with Gasteiger partial charge in [-0.3, -0.25) is 4.98 Å². The molecule has 2 nitrogen and oxygen atoms in total. The van der Waals surface area contributed by atoms with Crippen molar-refractivity contribution in [3.8, 4) is 100 Å². The van der Waals surface area contributed by atoms with Crippen LogP contribution in [0.15, 0.2) is 243 Å². The van der Waals surface area contributed by atoms with Crippen LogP contribution in [0.2, 0.25) is 0 Å². The van der Waals surface area contributed by atoms with Crippen LogP contribution in [-0.4, -0.2) is 4.98 Å². The SMILES string of the molecule is CC(C)(C)c1ccc2c(c1)C(C)(C)c1cc(C(C)(C)C)cc(N(c3ccc4c(c3)C(C)(C)c3ccccc3-4)c3cc(C(C)(C)C)cc4c3-c3ccc(C(C)(C)C)cc3C4(C)C)c1-2.CC1(C)c2ccccc2-c2ccc(-c3c4c(c(-c5ccc6c(c5)C(C)(C)c5ccccc5-6)c5cnccc35)-c3cccc5cccc-4c35)cc21. The molecule has 0 saturated carbocycles. The summed E-state index contributed by atoms with van der Waals surface area (Å²) in [5.74, 6) is 0. The van der Waals surface area contributed by atoms with Crippen LogP contribution < -0.4 is 4.90 Å². The first-order valence-electron chi connectivity index (χ1n) is 41.1. The molecule has 13 aromatic carbocycles. The molecule has 0 N–H and O–H groups in total. The Balaban J connectivity index is 0.000000154. The zero-order valence-corrected chi connectivity index (χ0v) is 70.0. The molecule has 1 heterocycles. The molecule has 0 spiro atoms. The van der Waals surface area contributed by atoms with Crippen LogP contribution in [0.1, 0.15) is 230 Å². The highest BCUT2D eigenvalue weighted by atomic mass is 15.2. The second-order valence-electron chi connectivity index (χ2n) is 40.3. The van der Waals surface area contributed by atoms with Crippen LogP contribution in [0.4, 0.5) is 17.1 Å². The van der Waals surface area contributed by atoms with Gasteiger partial charge in [-0.1, -0.05) is 340 Å². The van der Waals surface area contributed by atoms with Crippen LogP contribution in [0.5, 0.6) is 0 Å². The van der Waals surface area contributed by atoms with Gasteiger partial charge < -0.3 is 4.90 Å². The minimum Gasteiger partial charge on any atom is -0.309 e. The van der Waals surface area contributed by atoms with E-state index in [1.807, 2.05) is 6.20 Å².